The molecule has 1 fully saturated rings. The number of halogens is 2. The third-order valence-electron chi connectivity index (χ3n) is 6.10. The van der Waals surface area contributed by atoms with E-state index in [1.807, 2.05) is 0 Å². The lowest BCUT2D eigenvalue weighted by molar-refractivity contribution is -0.120. The fourth-order valence-electron chi connectivity index (χ4n) is 4.60. The van der Waals surface area contributed by atoms with Gasteiger partial charge in [0.1, 0.15) is 11.6 Å². The lowest BCUT2D eigenvalue weighted by atomic mass is 9.91. The van der Waals surface area contributed by atoms with Gasteiger partial charge in [0, 0.05) is 11.6 Å². The Morgan fingerprint density at radius 2 is 1.80 bits per heavy atom. The fraction of sp³-hybridized carbons (Fsp3) is 0.167. The van der Waals surface area contributed by atoms with Gasteiger partial charge in [0.15, 0.2) is 0 Å². The molecule has 1 aliphatic carbocycles. The lowest BCUT2D eigenvalue weighted by Crippen LogP contribution is -2.32. The molecule has 0 saturated heterocycles. The summed E-state index contributed by atoms with van der Waals surface area (Å²) in [6, 6.07) is 16.8. The van der Waals surface area contributed by atoms with E-state index >= 15 is 0 Å². The van der Waals surface area contributed by atoms with Crippen LogP contribution in [0, 0.1) is 11.6 Å². The highest BCUT2D eigenvalue weighted by Gasteiger charge is 2.67. The number of benzene rings is 3. The average Bonchev–Trinajstić information content (AvgIpc) is 3.44. The predicted molar refractivity (Wildman–Crippen MR) is 106 cm³/mol. The van der Waals surface area contributed by atoms with Crippen molar-refractivity contribution in [3.8, 4) is 0 Å². The Morgan fingerprint density at radius 1 is 1.03 bits per heavy atom. The Hall–Kier alpha value is -3.54. The highest BCUT2D eigenvalue weighted by Crippen LogP contribution is 2.66. The number of hydrogen-bond acceptors (Lipinski definition) is 2. The number of carboxylic acid groups (broad SMARTS) is 1. The molecule has 0 bridgehead atoms. The number of nitrogens with zero attached hydrogens (tertiary/aromatic N) is 1. The summed E-state index contributed by atoms with van der Waals surface area (Å²) in [6.45, 7) is 0.188. The van der Waals surface area contributed by atoms with Gasteiger partial charge in [0.05, 0.1) is 17.5 Å². The van der Waals surface area contributed by atoms with Crippen molar-refractivity contribution < 1.29 is 23.5 Å². The molecule has 2 aliphatic rings. The van der Waals surface area contributed by atoms with Crippen LogP contribution in [0.15, 0.2) is 66.7 Å². The monoisotopic (exact) mass is 405 g/mol. The first-order chi connectivity index (χ1) is 14.4. The fourth-order valence-corrected chi connectivity index (χ4v) is 4.60. The molecule has 4 nitrogen and oxygen atoms in total. The van der Waals surface area contributed by atoms with Crippen LogP contribution in [0.1, 0.15) is 39.4 Å². The Kier molecular flexibility index (Phi) is 4.00. The first kappa shape index (κ1) is 18.5. The molecule has 5 rings (SSSR count). The molecule has 3 aromatic rings. The molecular weight excluding hydrogens is 388 g/mol. The van der Waals surface area contributed by atoms with E-state index in [2.05, 4.69) is 0 Å². The Balaban J connectivity index is 1.59. The maximum Gasteiger partial charge on any atom is 0.335 e. The van der Waals surface area contributed by atoms with E-state index in [0.717, 1.165) is 5.56 Å². The number of carbonyl (C=O) groups is 2. The van der Waals surface area contributed by atoms with E-state index < -0.39 is 11.4 Å². The molecule has 1 N–H and O–H groups in total. The van der Waals surface area contributed by atoms with Crippen LogP contribution < -0.4 is 4.90 Å². The second kappa shape index (κ2) is 6.49. The van der Waals surface area contributed by atoms with Gasteiger partial charge in [-0.15, -0.1) is 0 Å². The van der Waals surface area contributed by atoms with Gasteiger partial charge in [0.2, 0.25) is 5.91 Å². The van der Waals surface area contributed by atoms with Gasteiger partial charge in [-0.2, -0.15) is 0 Å². The minimum atomic E-state index is -1.07. The second-order valence-corrected chi connectivity index (χ2v) is 7.84. The first-order valence-corrected chi connectivity index (χ1v) is 9.60. The Labute approximate surface area is 171 Å². The minimum absolute atomic E-state index is 0.110. The molecule has 6 heteroatoms. The molecule has 1 heterocycles. The van der Waals surface area contributed by atoms with Crippen molar-refractivity contribution in [2.45, 2.75) is 24.3 Å². The van der Waals surface area contributed by atoms with Crippen LogP contribution in [0.25, 0.3) is 0 Å². The van der Waals surface area contributed by atoms with Crippen molar-refractivity contribution in [2.75, 3.05) is 4.90 Å². The summed E-state index contributed by atoms with van der Waals surface area (Å²) in [7, 11) is 0. The van der Waals surface area contributed by atoms with Gasteiger partial charge in [-0.25, -0.2) is 13.6 Å². The highest BCUT2D eigenvalue weighted by molar-refractivity contribution is 6.12. The molecule has 150 valence electrons. The first-order valence-electron chi connectivity index (χ1n) is 9.60. The SMILES string of the molecule is O=C(O)c1ccc2c(c1)[C@]1(CC1c1ccc(F)cc1)C(=O)N2Cc1cccc(F)c1. The molecule has 1 spiro atoms. The standard InChI is InChI=1S/C24H17F2NO3/c25-17-7-4-15(5-8-17)20-12-24(20)19-11-16(22(28)29)6-9-21(19)27(23(24)30)13-14-2-1-3-18(26)10-14/h1-11,20H,12-13H2,(H,28,29)/t20?,24-/m0/s1. The van der Waals surface area contributed by atoms with Crippen molar-refractivity contribution in [3.05, 3.63) is 101 Å². The van der Waals surface area contributed by atoms with E-state index in [-0.39, 0.29) is 35.6 Å². The van der Waals surface area contributed by atoms with Gasteiger partial charge in [0.25, 0.3) is 0 Å². The molecule has 3 aromatic carbocycles. The zero-order valence-corrected chi connectivity index (χ0v) is 15.8. The normalized spacial score (nSPS) is 21.7. The van der Waals surface area contributed by atoms with Crippen LogP contribution in [0.4, 0.5) is 14.5 Å². The van der Waals surface area contributed by atoms with Gasteiger partial charge in [-0.3, -0.25) is 4.79 Å². The summed E-state index contributed by atoms with van der Waals surface area (Å²) >= 11 is 0. The molecule has 1 aliphatic heterocycles. The van der Waals surface area contributed by atoms with Crippen LogP contribution in [-0.2, 0) is 16.8 Å². The summed E-state index contributed by atoms with van der Waals surface area (Å²) in [5, 5.41) is 9.44. The van der Waals surface area contributed by atoms with Crippen LogP contribution in [-0.4, -0.2) is 17.0 Å². The maximum absolute atomic E-state index is 13.7. The quantitative estimate of drug-likeness (QED) is 0.688. The average molecular weight is 405 g/mol. The lowest BCUT2D eigenvalue weighted by Gasteiger charge is -2.18. The molecule has 2 atom stereocenters. The van der Waals surface area contributed by atoms with Crippen LogP contribution in [0.3, 0.4) is 0 Å². The predicted octanol–water partition coefficient (Wildman–Crippen LogP) is 4.64. The number of carboxylic acids is 1. The maximum atomic E-state index is 13.7. The van der Waals surface area contributed by atoms with Crippen LogP contribution >= 0.6 is 0 Å². The number of carbonyl (C=O) groups excluding carboxylic acids is 1. The number of aromatic carboxylic acids is 1. The van der Waals surface area contributed by atoms with Crippen molar-refractivity contribution in [3.63, 3.8) is 0 Å². The number of rotatable bonds is 4. The highest BCUT2D eigenvalue weighted by atomic mass is 19.1. The molecule has 30 heavy (non-hydrogen) atoms. The summed E-state index contributed by atoms with van der Waals surface area (Å²) < 4.78 is 27.0. The van der Waals surface area contributed by atoms with Gasteiger partial charge in [-0.05, 0) is 65.6 Å². The molecule has 0 aromatic heterocycles. The van der Waals surface area contributed by atoms with Gasteiger partial charge < -0.3 is 10.0 Å². The molecular formula is C24H17F2NO3. The van der Waals surface area contributed by atoms with E-state index in [0.29, 0.717) is 23.2 Å². The summed E-state index contributed by atoms with van der Waals surface area (Å²) in [5.41, 5.74) is 2.03. The van der Waals surface area contributed by atoms with E-state index in [4.69, 9.17) is 0 Å². The molecule has 1 amide bonds. The third kappa shape index (κ3) is 2.71. The summed E-state index contributed by atoms with van der Waals surface area (Å²) in [4.78, 5) is 26.7. The number of amides is 1. The van der Waals surface area contributed by atoms with E-state index in [9.17, 15) is 23.5 Å². The number of anilines is 1. The summed E-state index contributed by atoms with van der Waals surface area (Å²) in [5.74, 6) is -2.11. The van der Waals surface area contributed by atoms with Gasteiger partial charge in [-0.1, -0.05) is 24.3 Å². The van der Waals surface area contributed by atoms with Crippen molar-refractivity contribution in [1.29, 1.82) is 0 Å². The largest absolute Gasteiger partial charge is 0.478 e. The zero-order chi connectivity index (χ0) is 21.0. The van der Waals surface area contributed by atoms with Gasteiger partial charge >= 0.3 is 5.97 Å². The van der Waals surface area contributed by atoms with E-state index in [1.165, 1.54) is 30.3 Å². The Bertz CT molecular complexity index is 1190. The van der Waals surface area contributed by atoms with Crippen molar-refractivity contribution >= 4 is 17.6 Å². The Morgan fingerprint density at radius 3 is 2.50 bits per heavy atom. The molecule has 1 unspecified atom stereocenters. The number of hydrogen-bond donors (Lipinski definition) is 1. The van der Waals surface area contributed by atoms with Crippen LogP contribution in [0.2, 0.25) is 0 Å². The minimum Gasteiger partial charge on any atom is -0.478 e. The van der Waals surface area contributed by atoms with E-state index in [1.54, 1.807) is 41.3 Å². The number of fused-ring (bicyclic) bond motifs is 2. The third-order valence-corrected chi connectivity index (χ3v) is 6.10. The second-order valence-electron chi connectivity index (χ2n) is 7.84. The van der Waals surface area contributed by atoms with Crippen molar-refractivity contribution in [2.24, 2.45) is 0 Å². The molecule has 1 saturated carbocycles. The van der Waals surface area contributed by atoms with Crippen LogP contribution in [0.5, 0.6) is 0 Å². The molecule has 0 radical (unpaired) electrons. The zero-order valence-electron chi connectivity index (χ0n) is 15.8. The topological polar surface area (TPSA) is 57.6 Å². The summed E-state index contributed by atoms with van der Waals surface area (Å²) in [6.07, 6.45) is 0.521. The smallest absolute Gasteiger partial charge is 0.335 e. The van der Waals surface area contributed by atoms with Crippen molar-refractivity contribution in [1.82, 2.24) is 0 Å².